The molecule has 17 heavy (non-hydrogen) atoms. The predicted molar refractivity (Wildman–Crippen MR) is 68.5 cm³/mol. The van der Waals surface area contributed by atoms with Gasteiger partial charge in [-0.1, -0.05) is 12.1 Å². The minimum atomic E-state index is 0.633. The van der Waals surface area contributed by atoms with Crippen LogP contribution in [-0.2, 0) is 0 Å². The molecule has 2 aromatic rings. The molecule has 1 atom stereocenters. The Morgan fingerprint density at radius 3 is 3.12 bits per heavy atom. The fourth-order valence-electron chi connectivity index (χ4n) is 2.40. The third-order valence-electron chi connectivity index (χ3n) is 3.40. The first-order valence-electron chi connectivity index (χ1n) is 6.15. The largest absolute Gasteiger partial charge is 0.316 e. The Bertz CT molecular complexity index is 510. The van der Waals surface area contributed by atoms with E-state index in [9.17, 15) is 0 Å². The zero-order valence-electron chi connectivity index (χ0n) is 10.1. The number of aryl methyl sites for hydroxylation is 1. The van der Waals surface area contributed by atoms with E-state index in [4.69, 9.17) is 0 Å². The third-order valence-corrected chi connectivity index (χ3v) is 3.40. The predicted octanol–water partition coefficient (Wildman–Crippen LogP) is 2.26. The topological polar surface area (TPSA) is 29.9 Å². The SMILES string of the molecule is Cc1cccc(-n2cc(C3CCNC3)cn2)c1. The first-order valence-corrected chi connectivity index (χ1v) is 6.15. The molecular formula is C14H17N3. The summed E-state index contributed by atoms with van der Waals surface area (Å²) < 4.78 is 1.97. The zero-order valence-corrected chi connectivity index (χ0v) is 10.1. The lowest BCUT2D eigenvalue weighted by Crippen LogP contribution is -2.07. The summed E-state index contributed by atoms with van der Waals surface area (Å²) in [6, 6.07) is 8.43. The molecule has 0 saturated carbocycles. The van der Waals surface area contributed by atoms with Crippen LogP contribution in [0.1, 0.15) is 23.5 Å². The van der Waals surface area contributed by atoms with E-state index >= 15 is 0 Å². The lowest BCUT2D eigenvalue weighted by Gasteiger charge is -2.04. The van der Waals surface area contributed by atoms with Crippen molar-refractivity contribution in [2.24, 2.45) is 0 Å². The van der Waals surface area contributed by atoms with Crippen LogP contribution < -0.4 is 5.32 Å². The second kappa shape index (κ2) is 4.34. The van der Waals surface area contributed by atoms with Gasteiger partial charge in [-0.25, -0.2) is 4.68 Å². The van der Waals surface area contributed by atoms with E-state index in [0.29, 0.717) is 5.92 Å². The molecule has 88 valence electrons. The van der Waals surface area contributed by atoms with Crippen molar-refractivity contribution in [3.63, 3.8) is 0 Å². The number of aromatic nitrogens is 2. The molecule has 3 nitrogen and oxygen atoms in total. The Hall–Kier alpha value is -1.61. The van der Waals surface area contributed by atoms with Crippen LogP contribution in [0.4, 0.5) is 0 Å². The number of nitrogens with zero attached hydrogens (tertiary/aromatic N) is 2. The first-order chi connectivity index (χ1) is 8.33. The molecule has 1 aromatic heterocycles. The maximum atomic E-state index is 4.46. The first kappa shape index (κ1) is 10.5. The number of nitrogens with one attached hydrogen (secondary N) is 1. The van der Waals surface area contributed by atoms with Gasteiger partial charge in [-0.3, -0.25) is 0 Å². The van der Waals surface area contributed by atoms with E-state index in [0.717, 1.165) is 18.8 Å². The number of hydrogen-bond acceptors (Lipinski definition) is 2. The number of rotatable bonds is 2. The van der Waals surface area contributed by atoms with Gasteiger partial charge in [0.2, 0.25) is 0 Å². The molecule has 1 aliphatic rings. The van der Waals surface area contributed by atoms with Gasteiger partial charge in [0.1, 0.15) is 0 Å². The highest BCUT2D eigenvalue weighted by Gasteiger charge is 2.18. The minimum Gasteiger partial charge on any atom is -0.316 e. The van der Waals surface area contributed by atoms with Crippen LogP contribution in [0.25, 0.3) is 5.69 Å². The maximum Gasteiger partial charge on any atom is 0.0648 e. The van der Waals surface area contributed by atoms with Gasteiger partial charge in [0.25, 0.3) is 0 Å². The van der Waals surface area contributed by atoms with Crippen molar-refractivity contribution < 1.29 is 0 Å². The average molecular weight is 227 g/mol. The van der Waals surface area contributed by atoms with E-state index < -0.39 is 0 Å². The van der Waals surface area contributed by atoms with Crippen LogP contribution in [0.5, 0.6) is 0 Å². The summed E-state index contributed by atoms with van der Waals surface area (Å²) in [6.07, 6.45) is 5.38. The summed E-state index contributed by atoms with van der Waals surface area (Å²) in [5.74, 6) is 0.633. The smallest absolute Gasteiger partial charge is 0.0648 e. The Kier molecular flexibility index (Phi) is 2.69. The highest BCUT2D eigenvalue weighted by atomic mass is 15.3. The lowest BCUT2D eigenvalue weighted by atomic mass is 10.0. The van der Waals surface area contributed by atoms with Gasteiger partial charge < -0.3 is 5.32 Å². The molecule has 1 N–H and O–H groups in total. The Morgan fingerprint density at radius 2 is 2.35 bits per heavy atom. The Labute approximate surface area is 101 Å². The van der Waals surface area contributed by atoms with Crippen molar-refractivity contribution in [2.75, 3.05) is 13.1 Å². The fraction of sp³-hybridized carbons (Fsp3) is 0.357. The summed E-state index contributed by atoms with van der Waals surface area (Å²) >= 11 is 0. The summed E-state index contributed by atoms with van der Waals surface area (Å²) in [7, 11) is 0. The van der Waals surface area contributed by atoms with Crippen LogP contribution in [-0.4, -0.2) is 22.9 Å². The third kappa shape index (κ3) is 2.11. The van der Waals surface area contributed by atoms with E-state index in [1.54, 1.807) is 0 Å². The molecule has 1 saturated heterocycles. The highest BCUT2D eigenvalue weighted by Crippen LogP contribution is 2.22. The van der Waals surface area contributed by atoms with Crippen LogP contribution in [0.3, 0.4) is 0 Å². The molecule has 0 radical (unpaired) electrons. The lowest BCUT2D eigenvalue weighted by molar-refractivity contribution is 0.762. The molecule has 2 heterocycles. The van der Waals surface area contributed by atoms with Crippen molar-refractivity contribution in [2.45, 2.75) is 19.3 Å². The van der Waals surface area contributed by atoms with Gasteiger partial charge in [-0.05, 0) is 43.1 Å². The van der Waals surface area contributed by atoms with Crippen LogP contribution in [0.2, 0.25) is 0 Å². The number of benzene rings is 1. The zero-order chi connectivity index (χ0) is 11.7. The fourth-order valence-corrected chi connectivity index (χ4v) is 2.40. The molecule has 0 bridgehead atoms. The van der Waals surface area contributed by atoms with Crippen molar-refractivity contribution in [1.29, 1.82) is 0 Å². The van der Waals surface area contributed by atoms with E-state index in [-0.39, 0.29) is 0 Å². The van der Waals surface area contributed by atoms with E-state index in [1.165, 1.54) is 17.5 Å². The Balaban J connectivity index is 1.89. The van der Waals surface area contributed by atoms with E-state index in [2.05, 4.69) is 47.8 Å². The molecule has 3 rings (SSSR count). The van der Waals surface area contributed by atoms with Crippen LogP contribution in [0.15, 0.2) is 36.7 Å². The van der Waals surface area contributed by atoms with Crippen molar-refractivity contribution in [3.05, 3.63) is 47.8 Å². The molecule has 0 aliphatic carbocycles. The second-order valence-corrected chi connectivity index (χ2v) is 4.75. The summed E-state index contributed by atoms with van der Waals surface area (Å²) in [6.45, 7) is 4.31. The molecule has 0 spiro atoms. The van der Waals surface area contributed by atoms with Crippen LogP contribution in [0, 0.1) is 6.92 Å². The van der Waals surface area contributed by atoms with Gasteiger partial charge in [-0.15, -0.1) is 0 Å². The molecule has 1 fully saturated rings. The molecular weight excluding hydrogens is 210 g/mol. The standard InChI is InChI=1S/C14H17N3/c1-11-3-2-4-14(7-11)17-10-13(9-16-17)12-5-6-15-8-12/h2-4,7,9-10,12,15H,5-6,8H2,1H3. The molecule has 0 amide bonds. The Morgan fingerprint density at radius 1 is 1.41 bits per heavy atom. The maximum absolute atomic E-state index is 4.46. The van der Waals surface area contributed by atoms with Crippen molar-refractivity contribution >= 4 is 0 Å². The minimum absolute atomic E-state index is 0.633. The quantitative estimate of drug-likeness (QED) is 0.853. The van der Waals surface area contributed by atoms with Gasteiger partial charge in [0, 0.05) is 18.7 Å². The van der Waals surface area contributed by atoms with Gasteiger partial charge >= 0.3 is 0 Å². The molecule has 3 heteroatoms. The second-order valence-electron chi connectivity index (χ2n) is 4.75. The number of hydrogen-bond donors (Lipinski definition) is 1. The summed E-state index contributed by atoms with van der Waals surface area (Å²) in [5.41, 5.74) is 3.75. The monoisotopic (exact) mass is 227 g/mol. The van der Waals surface area contributed by atoms with Crippen molar-refractivity contribution in [3.8, 4) is 5.69 Å². The molecule has 1 aliphatic heterocycles. The summed E-state index contributed by atoms with van der Waals surface area (Å²) in [5, 5.41) is 7.85. The van der Waals surface area contributed by atoms with Crippen molar-refractivity contribution in [1.82, 2.24) is 15.1 Å². The van der Waals surface area contributed by atoms with Gasteiger partial charge in [0.15, 0.2) is 0 Å². The van der Waals surface area contributed by atoms with Gasteiger partial charge in [0.05, 0.1) is 11.9 Å². The van der Waals surface area contributed by atoms with E-state index in [1.807, 2.05) is 10.9 Å². The highest BCUT2D eigenvalue weighted by molar-refractivity contribution is 5.35. The molecule has 1 unspecified atom stereocenters. The summed E-state index contributed by atoms with van der Waals surface area (Å²) in [4.78, 5) is 0. The normalized spacial score (nSPS) is 19.7. The van der Waals surface area contributed by atoms with Crippen LogP contribution >= 0.6 is 0 Å². The average Bonchev–Trinajstić information content (AvgIpc) is 3.00. The van der Waals surface area contributed by atoms with Gasteiger partial charge in [-0.2, -0.15) is 5.10 Å². The molecule has 1 aromatic carbocycles.